The van der Waals surface area contributed by atoms with E-state index >= 15 is 0 Å². The highest BCUT2D eigenvalue weighted by Crippen LogP contribution is 2.21. The van der Waals surface area contributed by atoms with E-state index in [1.54, 1.807) is 6.20 Å². The minimum Gasteiger partial charge on any atom is -0.327 e. The van der Waals surface area contributed by atoms with Crippen LogP contribution >= 0.6 is 0 Å². The lowest BCUT2D eigenvalue weighted by Gasteiger charge is -2.26. The van der Waals surface area contributed by atoms with Crippen LogP contribution in [0.1, 0.15) is 26.6 Å². The zero-order chi connectivity index (χ0) is 12.6. The Kier molecular flexibility index (Phi) is 2.91. The molecule has 0 spiro atoms. The SMILES string of the molecule is Cn1c(CC(N)C(C)(C)C)nc2cccnc21. The van der Waals surface area contributed by atoms with Crippen LogP contribution in [0.3, 0.4) is 0 Å². The number of aryl methyl sites for hydroxylation is 1. The summed E-state index contributed by atoms with van der Waals surface area (Å²) in [6.07, 6.45) is 2.56. The molecule has 0 bridgehead atoms. The average Bonchev–Trinajstić information content (AvgIpc) is 2.55. The van der Waals surface area contributed by atoms with Gasteiger partial charge in [-0.1, -0.05) is 20.8 Å². The second-order valence-electron chi connectivity index (χ2n) is 5.61. The van der Waals surface area contributed by atoms with E-state index in [0.717, 1.165) is 23.4 Å². The van der Waals surface area contributed by atoms with Crippen molar-refractivity contribution in [2.45, 2.75) is 33.2 Å². The molecule has 0 saturated carbocycles. The number of hydrogen-bond acceptors (Lipinski definition) is 3. The van der Waals surface area contributed by atoms with Crippen LogP contribution < -0.4 is 5.73 Å². The molecule has 0 aliphatic carbocycles. The molecule has 1 unspecified atom stereocenters. The minimum absolute atomic E-state index is 0.0889. The highest BCUT2D eigenvalue weighted by Gasteiger charge is 2.23. The Morgan fingerprint density at radius 1 is 1.41 bits per heavy atom. The normalized spacial score (nSPS) is 14.2. The Morgan fingerprint density at radius 2 is 2.12 bits per heavy atom. The lowest BCUT2D eigenvalue weighted by atomic mass is 9.85. The molecule has 1 atom stereocenters. The van der Waals surface area contributed by atoms with Gasteiger partial charge in [0.15, 0.2) is 5.65 Å². The molecule has 2 heterocycles. The molecule has 2 aromatic heterocycles. The number of imidazole rings is 1. The lowest BCUT2D eigenvalue weighted by Crippen LogP contribution is -2.37. The number of rotatable bonds is 2. The van der Waals surface area contributed by atoms with E-state index in [-0.39, 0.29) is 11.5 Å². The fourth-order valence-corrected chi connectivity index (χ4v) is 1.76. The molecule has 0 fully saturated rings. The molecule has 2 rings (SSSR count). The van der Waals surface area contributed by atoms with E-state index in [1.807, 2.05) is 23.7 Å². The van der Waals surface area contributed by atoms with E-state index in [0.29, 0.717) is 0 Å². The molecule has 0 aliphatic heterocycles. The summed E-state index contributed by atoms with van der Waals surface area (Å²) in [5, 5.41) is 0. The first-order chi connectivity index (χ1) is 7.89. The first-order valence-corrected chi connectivity index (χ1v) is 5.91. The van der Waals surface area contributed by atoms with Gasteiger partial charge in [0.05, 0.1) is 0 Å². The summed E-state index contributed by atoms with van der Waals surface area (Å²) in [6, 6.07) is 3.98. The van der Waals surface area contributed by atoms with Crippen molar-refractivity contribution in [1.29, 1.82) is 0 Å². The summed E-state index contributed by atoms with van der Waals surface area (Å²) >= 11 is 0. The van der Waals surface area contributed by atoms with Crippen molar-refractivity contribution in [1.82, 2.24) is 14.5 Å². The van der Waals surface area contributed by atoms with E-state index in [9.17, 15) is 0 Å². The van der Waals surface area contributed by atoms with Crippen molar-refractivity contribution < 1.29 is 0 Å². The number of nitrogens with two attached hydrogens (primary N) is 1. The molecular formula is C13H20N4. The second kappa shape index (κ2) is 4.11. The summed E-state index contributed by atoms with van der Waals surface area (Å²) in [5.74, 6) is 1.00. The Labute approximate surface area is 102 Å². The minimum atomic E-state index is 0.0889. The molecule has 0 saturated heterocycles. The van der Waals surface area contributed by atoms with Gasteiger partial charge in [0, 0.05) is 25.7 Å². The van der Waals surface area contributed by atoms with Crippen molar-refractivity contribution in [3.8, 4) is 0 Å². The van der Waals surface area contributed by atoms with Crippen LogP contribution in [0.4, 0.5) is 0 Å². The summed E-state index contributed by atoms with van der Waals surface area (Å²) in [5.41, 5.74) is 8.14. The standard InChI is InChI=1S/C13H20N4/c1-13(2,3)10(14)8-11-16-9-6-5-7-15-12(9)17(11)4/h5-7,10H,8,14H2,1-4H3. The van der Waals surface area contributed by atoms with Crippen LogP contribution in [0, 0.1) is 5.41 Å². The van der Waals surface area contributed by atoms with E-state index < -0.39 is 0 Å². The van der Waals surface area contributed by atoms with Crippen molar-refractivity contribution in [2.24, 2.45) is 18.2 Å². The Balaban J connectivity index is 2.34. The molecular weight excluding hydrogens is 212 g/mol. The fourth-order valence-electron chi connectivity index (χ4n) is 1.76. The van der Waals surface area contributed by atoms with Crippen LogP contribution in [0.2, 0.25) is 0 Å². The number of fused-ring (bicyclic) bond motifs is 1. The highest BCUT2D eigenvalue weighted by atomic mass is 15.1. The third-order valence-electron chi connectivity index (χ3n) is 3.24. The monoisotopic (exact) mass is 232 g/mol. The predicted octanol–water partition coefficient (Wildman–Crippen LogP) is 1.88. The van der Waals surface area contributed by atoms with Gasteiger partial charge >= 0.3 is 0 Å². The maximum Gasteiger partial charge on any atom is 0.159 e. The van der Waals surface area contributed by atoms with Gasteiger partial charge in [-0.2, -0.15) is 0 Å². The van der Waals surface area contributed by atoms with Crippen LogP contribution in [0.15, 0.2) is 18.3 Å². The van der Waals surface area contributed by atoms with Gasteiger partial charge in [0.1, 0.15) is 11.3 Å². The summed E-state index contributed by atoms with van der Waals surface area (Å²) in [6.45, 7) is 6.45. The van der Waals surface area contributed by atoms with Crippen molar-refractivity contribution in [3.63, 3.8) is 0 Å². The van der Waals surface area contributed by atoms with Crippen LogP contribution in [0.5, 0.6) is 0 Å². The molecule has 0 aromatic carbocycles. The molecule has 2 aromatic rings. The number of nitrogens with zero attached hydrogens (tertiary/aromatic N) is 3. The number of pyridine rings is 1. The molecule has 4 nitrogen and oxygen atoms in total. The first kappa shape index (κ1) is 12.0. The van der Waals surface area contributed by atoms with Gasteiger partial charge in [-0.05, 0) is 17.5 Å². The molecule has 4 heteroatoms. The molecule has 0 amide bonds. The predicted molar refractivity (Wildman–Crippen MR) is 69.6 cm³/mol. The number of aromatic nitrogens is 3. The third-order valence-corrected chi connectivity index (χ3v) is 3.24. The summed E-state index contributed by atoms with van der Waals surface area (Å²) < 4.78 is 2.03. The zero-order valence-electron chi connectivity index (χ0n) is 10.9. The summed E-state index contributed by atoms with van der Waals surface area (Å²) in [7, 11) is 1.99. The molecule has 2 N–H and O–H groups in total. The Hall–Kier alpha value is -1.42. The van der Waals surface area contributed by atoms with Gasteiger partial charge in [0.25, 0.3) is 0 Å². The smallest absolute Gasteiger partial charge is 0.159 e. The first-order valence-electron chi connectivity index (χ1n) is 5.91. The second-order valence-corrected chi connectivity index (χ2v) is 5.61. The molecule has 17 heavy (non-hydrogen) atoms. The largest absolute Gasteiger partial charge is 0.327 e. The Bertz CT molecular complexity index is 522. The van der Waals surface area contributed by atoms with Gasteiger partial charge in [0.2, 0.25) is 0 Å². The molecule has 0 radical (unpaired) electrons. The van der Waals surface area contributed by atoms with Gasteiger partial charge in [-0.3, -0.25) is 0 Å². The van der Waals surface area contributed by atoms with E-state index in [4.69, 9.17) is 5.73 Å². The summed E-state index contributed by atoms with van der Waals surface area (Å²) in [4.78, 5) is 8.92. The van der Waals surface area contributed by atoms with Gasteiger partial charge in [-0.25, -0.2) is 9.97 Å². The molecule has 0 aliphatic rings. The highest BCUT2D eigenvalue weighted by molar-refractivity contribution is 5.70. The average molecular weight is 232 g/mol. The maximum atomic E-state index is 6.20. The quantitative estimate of drug-likeness (QED) is 0.860. The third kappa shape index (κ3) is 2.31. The van der Waals surface area contributed by atoms with Crippen LogP contribution in [0.25, 0.3) is 11.2 Å². The van der Waals surface area contributed by atoms with Crippen molar-refractivity contribution in [3.05, 3.63) is 24.2 Å². The van der Waals surface area contributed by atoms with E-state index in [1.165, 1.54) is 0 Å². The van der Waals surface area contributed by atoms with Gasteiger partial charge < -0.3 is 10.3 Å². The van der Waals surface area contributed by atoms with Gasteiger partial charge in [-0.15, -0.1) is 0 Å². The maximum absolute atomic E-state index is 6.20. The van der Waals surface area contributed by atoms with Crippen molar-refractivity contribution in [2.75, 3.05) is 0 Å². The number of hydrogen-bond donors (Lipinski definition) is 1. The molecule has 92 valence electrons. The lowest BCUT2D eigenvalue weighted by molar-refractivity contribution is 0.313. The topological polar surface area (TPSA) is 56.7 Å². The van der Waals surface area contributed by atoms with Crippen LogP contribution in [-0.2, 0) is 13.5 Å². The van der Waals surface area contributed by atoms with E-state index in [2.05, 4.69) is 30.7 Å². The Morgan fingerprint density at radius 3 is 2.71 bits per heavy atom. The zero-order valence-corrected chi connectivity index (χ0v) is 10.9. The fraction of sp³-hybridized carbons (Fsp3) is 0.538. The van der Waals surface area contributed by atoms with Crippen molar-refractivity contribution >= 4 is 11.2 Å². The van der Waals surface area contributed by atoms with Crippen LogP contribution in [-0.4, -0.2) is 20.6 Å².